The van der Waals surface area contributed by atoms with Crippen LogP contribution in [-0.2, 0) is 9.53 Å². The van der Waals surface area contributed by atoms with E-state index >= 15 is 0 Å². The molecule has 0 aliphatic carbocycles. The molecule has 1 aromatic rings. The van der Waals surface area contributed by atoms with Crippen molar-refractivity contribution in [3.05, 3.63) is 35.5 Å². The Morgan fingerprint density at radius 3 is 2.54 bits per heavy atom. The van der Waals surface area contributed by atoms with Gasteiger partial charge in [-0.25, -0.2) is 4.79 Å². The van der Waals surface area contributed by atoms with E-state index in [0.29, 0.717) is 29.5 Å². The van der Waals surface area contributed by atoms with Crippen LogP contribution in [0.1, 0.15) is 45.1 Å². The van der Waals surface area contributed by atoms with Gasteiger partial charge >= 0.3 is 6.03 Å². The molecule has 26 heavy (non-hydrogen) atoms. The molecule has 0 aromatic heterocycles. The Labute approximate surface area is 155 Å². The molecule has 6 heteroatoms. The summed E-state index contributed by atoms with van der Waals surface area (Å²) in [6.45, 7) is 4.65. The van der Waals surface area contributed by atoms with E-state index in [2.05, 4.69) is 19.2 Å². The highest BCUT2D eigenvalue weighted by Crippen LogP contribution is 2.30. The van der Waals surface area contributed by atoms with Gasteiger partial charge in [-0.15, -0.1) is 0 Å². The lowest BCUT2D eigenvalue weighted by atomic mass is 9.99. The van der Waals surface area contributed by atoms with Gasteiger partial charge in [-0.2, -0.15) is 0 Å². The number of methoxy groups -OCH3 is 2. The van der Waals surface area contributed by atoms with Gasteiger partial charge in [0.2, 0.25) is 0 Å². The first-order valence-corrected chi connectivity index (χ1v) is 9.11. The summed E-state index contributed by atoms with van der Waals surface area (Å²) in [6.07, 6.45) is 4.13. The van der Waals surface area contributed by atoms with E-state index in [1.54, 1.807) is 19.2 Å². The lowest BCUT2D eigenvalue weighted by Crippen LogP contribution is -2.35. The number of nitrogens with zero attached hydrogens (tertiary/aromatic N) is 1. The Kier molecular flexibility index (Phi) is 7.06. The Bertz CT molecular complexity index is 684. The molecule has 1 unspecified atom stereocenters. The van der Waals surface area contributed by atoms with Crippen LogP contribution in [0, 0.1) is 5.92 Å². The molecule has 1 aliphatic rings. The molecule has 0 saturated carbocycles. The maximum atomic E-state index is 12.9. The minimum atomic E-state index is -0.399. The minimum absolute atomic E-state index is 0.160. The van der Waals surface area contributed by atoms with E-state index < -0.39 is 6.03 Å². The number of hydrogen-bond acceptors (Lipinski definition) is 4. The normalized spacial score (nSPS) is 17.2. The van der Waals surface area contributed by atoms with Crippen molar-refractivity contribution < 1.29 is 19.1 Å². The van der Waals surface area contributed by atoms with Crippen molar-refractivity contribution in [2.75, 3.05) is 20.8 Å². The standard InChI is InChI=1S/C20H28N2O4/c1-5-7-10-14(6-2)13-22-19(23)17(21-20(22)24)18(26-4)15-11-8-9-12-16(15)25-3/h8-9,11-12,14H,5-7,10,13H2,1-4H3,(H,21,24). The third-order valence-electron chi connectivity index (χ3n) is 4.70. The third kappa shape index (κ3) is 4.18. The molecule has 1 N–H and O–H groups in total. The molecule has 142 valence electrons. The zero-order chi connectivity index (χ0) is 19.1. The van der Waals surface area contributed by atoms with Crippen LogP contribution in [0.15, 0.2) is 30.0 Å². The van der Waals surface area contributed by atoms with Crippen LogP contribution in [0.2, 0.25) is 0 Å². The van der Waals surface area contributed by atoms with Gasteiger partial charge in [-0.1, -0.05) is 45.2 Å². The molecule has 2 rings (SSSR count). The highest BCUT2D eigenvalue weighted by molar-refractivity contribution is 6.15. The molecule has 1 aromatic carbocycles. The van der Waals surface area contributed by atoms with Crippen molar-refractivity contribution in [2.45, 2.75) is 39.5 Å². The largest absolute Gasteiger partial charge is 0.496 e. The second-order valence-corrected chi connectivity index (χ2v) is 6.37. The molecular formula is C20H28N2O4. The molecule has 0 spiro atoms. The molecule has 1 atom stereocenters. The van der Waals surface area contributed by atoms with E-state index in [0.717, 1.165) is 25.7 Å². The van der Waals surface area contributed by atoms with Gasteiger partial charge in [-0.3, -0.25) is 15.0 Å². The quantitative estimate of drug-likeness (QED) is 0.413. The van der Waals surface area contributed by atoms with E-state index in [9.17, 15) is 9.59 Å². The second-order valence-electron chi connectivity index (χ2n) is 6.37. The van der Waals surface area contributed by atoms with E-state index in [4.69, 9.17) is 9.47 Å². The van der Waals surface area contributed by atoms with Gasteiger partial charge in [0.05, 0.1) is 19.8 Å². The summed E-state index contributed by atoms with van der Waals surface area (Å²) in [5.74, 6) is 0.839. The number of para-hydroxylation sites is 1. The van der Waals surface area contributed by atoms with Gasteiger partial charge in [0.1, 0.15) is 5.75 Å². The highest BCUT2D eigenvalue weighted by Gasteiger charge is 2.38. The molecule has 6 nitrogen and oxygen atoms in total. The summed E-state index contributed by atoms with van der Waals surface area (Å²) >= 11 is 0. The molecular weight excluding hydrogens is 332 g/mol. The number of carbonyl (C=O) groups excluding carboxylic acids is 2. The summed E-state index contributed by atoms with van der Waals surface area (Å²) in [7, 11) is 3.03. The number of amides is 3. The Morgan fingerprint density at radius 2 is 1.92 bits per heavy atom. The fourth-order valence-electron chi connectivity index (χ4n) is 3.13. The van der Waals surface area contributed by atoms with Crippen LogP contribution in [0.4, 0.5) is 4.79 Å². The highest BCUT2D eigenvalue weighted by atomic mass is 16.5. The average molecular weight is 360 g/mol. The lowest BCUT2D eigenvalue weighted by Gasteiger charge is -2.20. The topological polar surface area (TPSA) is 67.9 Å². The first-order chi connectivity index (χ1) is 12.6. The van der Waals surface area contributed by atoms with Gasteiger partial charge in [0.25, 0.3) is 5.91 Å². The fraction of sp³-hybridized carbons (Fsp3) is 0.500. The summed E-state index contributed by atoms with van der Waals surface area (Å²) < 4.78 is 10.8. The number of benzene rings is 1. The van der Waals surface area contributed by atoms with E-state index in [1.165, 1.54) is 12.0 Å². The maximum absolute atomic E-state index is 12.9. The maximum Gasteiger partial charge on any atom is 0.329 e. The average Bonchev–Trinajstić information content (AvgIpc) is 2.94. The van der Waals surface area contributed by atoms with Gasteiger partial charge in [-0.05, 0) is 24.5 Å². The van der Waals surface area contributed by atoms with Crippen molar-refractivity contribution in [2.24, 2.45) is 5.92 Å². The summed E-state index contributed by atoms with van der Waals surface area (Å²) in [5.41, 5.74) is 0.786. The Morgan fingerprint density at radius 1 is 1.19 bits per heavy atom. The van der Waals surface area contributed by atoms with Crippen LogP contribution < -0.4 is 10.1 Å². The third-order valence-corrected chi connectivity index (χ3v) is 4.70. The van der Waals surface area contributed by atoms with E-state index in [1.807, 2.05) is 12.1 Å². The van der Waals surface area contributed by atoms with Crippen LogP contribution in [0.25, 0.3) is 5.76 Å². The predicted octanol–water partition coefficient (Wildman–Crippen LogP) is 3.78. The number of hydrogen-bond donors (Lipinski definition) is 1. The predicted molar refractivity (Wildman–Crippen MR) is 100 cm³/mol. The van der Waals surface area contributed by atoms with Crippen molar-refractivity contribution in [3.63, 3.8) is 0 Å². The van der Waals surface area contributed by atoms with Crippen molar-refractivity contribution in [1.29, 1.82) is 0 Å². The molecule has 1 aliphatic heterocycles. The van der Waals surface area contributed by atoms with Crippen LogP contribution in [-0.4, -0.2) is 37.6 Å². The Balaban J connectivity index is 2.31. The first kappa shape index (κ1) is 19.8. The number of unbranched alkanes of at least 4 members (excludes halogenated alkanes) is 1. The smallest absolute Gasteiger partial charge is 0.329 e. The van der Waals surface area contributed by atoms with Crippen molar-refractivity contribution in [1.82, 2.24) is 10.2 Å². The molecule has 3 amide bonds. The zero-order valence-electron chi connectivity index (χ0n) is 16.0. The van der Waals surface area contributed by atoms with Crippen LogP contribution in [0.3, 0.4) is 0 Å². The van der Waals surface area contributed by atoms with Crippen molar-refractivity contribution in [3.8, 4) is 5.75 Å². The molecule has 0 radical (unpaired) electrons. The lowest BCUT2D eigenvalue weighted by molar-refractivity contribution is -0.123. The molecule has 1 heterocycles. The number of imide groups is 1. The van der Waals surface area contributed by atoms with Gasteiger partial charge in [0.15, 0.2) is 11.5 Å². The Hall–Kier alpha value is -2.50. The van der Waals surface area contributed by atoms with E-state index in [-0.39, 0.29) is 11.6 Å². The minimum Gasteiger partial charge on any atom is -0.496 e. The SMILES string of the molecule is CCCCC(CC)CN1C(=O)NC(=C(OC)c2ccccc2OC)C1=O. The molecule has 0 bridgehead atoms. The van der Waals surface area contributed by atoms with Gasteiger partial charge < -0.3 is 9.47 Å². The number of urea groups is 1. The number of nitrogens with one attached hydrogen (secondary N) is 1. The molecule has 1 saturated heterocycles. The first-order valence-electron chi connectivity index (χ1n) is 9.11. The van der Waals surface area contributed by atoms with Crippen LogP contribution in [0.5, 0.6) is 5.75 Å². The summed E-state index contributed by atoms with van der Waals surface area (Å²) in [5, 5.41) is 2.68. The fourth-order valence-corrected chi connectivity index (χ4v) is 3.13. The monoisotopic (exact) mass is 360 g/mol. The summed E-state index contributed by atoms with van der Waals surface area (Å²) in [4.78, 5) is 26.6. The number of carbonyl (C=O) groups is 2. The van der Waals surface area contributed by atoms with Gasteiger partial charge in [0, 0.05) is 6.54 Å². The van der Waals surface area contributed by atoms with Crippen LogP contribution >= 0.6 is 0 Å². The zero-order valence-corrected chi connectivity index (χ0v) is 16.0. The van der Waals surface area contributed by atoms with Crippen molar-refractivity contribution >= 4 is 17.7 Å². The number of rotatable bonds is 9. The summed E-state index contributed by atoms with van der Waals surface area (Å²) in [6, 6.07) is 6.84. The molecule has 1 fully saturated rings. The number of ether oxygens (including phenoxy) is 2. The second kappa shape index (κ2) is 9.27.